The Balaban J connectivity index is 1.60. The van der Waals surface area contributed by atoms with E-state index >= 15 is 0 Å². The molecule has 2 aromatic carbocycles. The Morgan fingerprint density at radius 1 is 1.16 bits per heavy atom. The lowest BCUT2D eigenvalue weighted by molar-refractivity contribution is -0.116. The van der Waals surface area contributed by atoms with Gasteiger partial charge in [-0.2, -0.15) is 0 Å². The van der Waals surface area contributed by atoms with Gasteiger partial charge in [-0.1, -0.05) is 54.1 Å². The van der Waals surface area contributed by atoms with Crippen molar-refractivity contribution in [3.05, 3.63) is 95.6 Å². The van der Waals surface area contributed by atoms with Crippen LogP contribution in [0.2, 0.25) is 0 Å². The third-order valence-corrected chi connectivity index (χ3v) is 3.95. The summed E-state index contributed by atoms with van der Waals surface area (Å²) < 4.78 is 2.01. The quantitative estimate of drug-likeness (QED) is 0.702. The molecule has 0 atom stereocenters. The molecule has 0 aliphatic heterocycles. The molecule has 3 aromatic rings. The molecule has 0 spiro atoms. The number of carbonyl (C=O) groups is 1. The van der Waals surface area contributed by atoms with Crippen LogP contribution in [0.1, 0.15) is 22.3 Å². The van der Waals surface area contributed by atoms with Crippen molar-refractivity contribution in [3.8, 4) is 0 Å². The van der Waals surface area contributed by atoms with Gasteiger partial charge in [0.1, 0.15) is 0 Å². The third kappa shape index (κ3) is 4.91. The second-order valence-corrected chi connectivity index (χ2v) is 5.97. The van der Waals surface area contributed by atoms with Crippen LogP contribution in [-0.2, 0) is 17.9 Å². The van der Waals surface area contributed by atoms with Crippen molar-refractivity contribution in [1.29, 1.82) is 0 Å². The highest BCUT2D eigenvalue weighted by Gasteiger charge is 2.04. The molecule has 0 aliphatic carbocycles. The van der Waals surface area contributed by atoms with E-state index in [0.29, 0.717) is 6.54 Å². The minimum Gasteiger partial charge on any atom is -0.348 e. The Morgan fingerprint density at radius 3 is 2.76 bits per heavy atom. The third-order valence-electron chi connectivity index (χ3n) is 3.95. The van der Waals surface area contributed by atoms with E-state index < -0.39 is 0 Å². The molecular weight excluding hydrogens is 310 g/mol. The van der Waals surface area contributed by atoms with Crippen LogP contribution in [0.25, 0.3) is 6.08 Å². The largest absolute Gasteiger partial charge is 0.348 e. The van der Waals surface area contributed by atoms with Gasteiger partial charge in [-0.25, -0.2) is 4.98 Å². The van der Waals surface area contributed by atoms with Crippen LogP contribution < -0.4 is 5.32 Å². The number of nitrogens with zero attached hydrogens (tertiary/aromatic N) is 2. The van der Waals surface area contributed by atoms with E-state index in [1.54, 1.807) is 18.6 Å². The molecule has 0 saturated carbocycles. The van der Waals surface area contributed by atoms with E-state index in [1.807, 2.05) is 66.2 Å². The van der Waals surface area contributed by atoms with Gasteiger partial charge in [-0.05, 0) is 29.7 Å². The Labute approximate surface area is 147 Å². The Hall–Kier alpha value is -3.14. The molecule has 4 heteroatoms. The molecule has 1 heterocycles. The van der Waals surface area contributed by atoms with Crippen LogP contribution >= 0.6 is 0 Å². The second-order valence-electron chi connectivity index (χ2n) is 5.97. The number of aromatic nitrogens is 2. The molecule has 126 valence electrons. The minimum absolute atomic E-state index is 0.0982. The minimum atomic E-state index is -0.0982. The van der Waals surface area contributed by atoms with Crippen molar-refractivity contribution < 1.29 is 4.79 Å². The number of imidazole rings is 1. The summed E-state index contributed by atoms with van der Waals surface area (Å²) in [5.74, 6) is -0.0982. The fourth-order valence-corrected chi connectivity index (χ4v) is 2.65. The molecule has 0 radical (unpaired) electrons. The van der Waals surface area contributed by atoms with Crippen molar-refractivity contribution >= 4 is 12.0 Å². The predicted molar refractivity (Wildman–Crippen MR) is 99.8 cm³/mol. The first-order chi connectivity index (χ1) is 12.2. The van der Waals surface area contributed by atoms with E-state index in [4.69, 9.17) is 0 Å². The molecule has 0 bridgehead atoms. The maximum absolute atomic E-state index is 12.1. The molecule has 0 fully saturated rings. The number of nitrogens with one attached hydrogen (secondary N) is 1. The fraction of sp³-hybridized carbons (Fsp3) is 0.143. The highest BCUT2D eigenvalue weighted by atomic mass is 16.1. The van der Waals surface area contributed by atoms with E-state index in [9.17, 15) is 4.79 Å². The summed E-state index contributed by atoms with van der Waals surface area (Å²) in [6.45, 7) is 3.28. The molecule has 0 saturated heterocycles. The van der Waals surface area contributed by atoms with Gasteiger partial charge in [-0.15, -0.1) is 0 Å². The zero-order valence-corrected chi connectivity index (χ0v) is 14.2. The van der Waals surface area contributed by atoms with E-state index in [0.717, 1.165) is 17.7 Å². The van der Waals surface area contributed by atoms with Crippen molar-refractivity contribution in [2.45, 2.75) is 20.0 Å². The summed E-state index contributed by atoms with van der Waals surface area (Å²) in [5.41, 5.74) is 4.48. The number of aryl methyl sites for hydroxylation is 1. The summed E-state index contributed by atoms with van der Waals surface area (Å²) in [5, 5.41) is 2.95. The molecule has 1 aromatic heterocycles. The van der Waals surface area contributed by atoms with Crippen LogP contribution in [0.3, 0.4) is 0 Å². The van der Waals surface area contributed by atoms with Crippen LogP contribution in [0.4, 0.5) is 0 Å². The summed E-state index contributed by atoms with van der Waals surface area (Å²) in [6.07, 6.45) is 8.90. The van der Waals surface area contributed by atoms with Crippen molar-refractivity contribution in [2.24, 2.45) is 0 Å². The monoisotopic (exact) mass is 331 g/mol. The fourth-order valence-electron chi connectivity index (χ4n) is 2.65. The van der Waals surface area contributed by atoms with Gasteiger partial charge in [0, 0.05) is 31.6 Å². The number of rotatable bonds is 6. The van der Waals surface area contributed by atoms with Gasteiger partial charge in [0.05, 0.1) is 6.33 Å². The van der Waals surface area contributed by atoms with Gasteiger partial charge in [0.2, 0.25) is 5.91 Å². The summed E-state index contributed by atoms with van der Waals surface area (Å²) in [6, 6.07) is 16.2. The molecule has 0 unspecified atom stereocenters. The molecule has 0 aliphatic rings. The highest BCUT2D eigenvalue weighted by molar-refractivity contribution is 5.91. The SMILES string of the molecule is Cc1cccc(C=CC(=O)NCc2ccccc2Cn2ccnc2)c1. The van der Waals surface area contributed by atoms with Crippen molar-refractivity contribution in [1.82, 2.24) is 14.9 Å². The predicted octanol–water partition coefficient (Wildman–Crippen LogP) is 3.57. The number of hydrogen-bond acceptors (Lipinski definition) is 2. The molecule has 25 heavy (non-hydrogen) atoms. The first kappa shape index (κ1) is 16.7. The van der Waals surface area contributed by atoms with Gasteiger partial charge >= 0.3 is 0 Å². The lowest BCUT2D eigenvalue weighted by Crippen LogP contribution is -2.21. The molecule has 1 amide bonds. The zero-order chi connectivity index (χ0) is 17.5. The van der Waals surface area contributed by atoms with Crippen molar-refractivity contribution in [3.63, 3.8) is 0 Å². The number of carbonyl (C=O) groups excluding carboxylic acids is 1. The summed E-state index contributed by atoms with van der Waals surface area (Å²) >= 11 is 0. The van der Waals surface area contributed by atoms with Gasteiger partial charge in [-0.3, -0.25) is 4.79 Å². The first-order valence-electron chi connectivity index (χ1n) is 8.26. The van der Waals surface area contributed by atoms with Gasteiger partial charge in [0.25, 0.3) is 0 Å². The topological polar surface area (TPSA) is 46.9 Å². The summed E-state index contributed by atoms with van der Waals surface area (Å²) in [7, 11) is 0. The average Bonchev–Trinajstić information content (AvgIpc) is 3.12. The van der Waals surface area contributed by atoms with Crippen LogP contribution in [0, 0.1) is 6.92 Å². The van der Waals surface area contributed by atoms with Crippen LogP contribution in [0.5, 0.6) is 0 Å². The summed E-state index contributed by atoms with van der Waals surface area (Å²) in [4.78, 5) is 16.2. The van der Waals surface area contributed by atoms with Crippen molar-refractivity contribution in [2.75, 3.05) is 0 Å². The average molecular weight is 331 g/mol. The number of amides is 1. The Bertz CT molecular complexity index is 866. The zero-order valence-electron chi connectivity index (χ0n) is 14.2. The highest BCUT2D eigenvalue weighted by Crippen LogP contribution is 2.11. The maximum atomic E-state index is 12.1. The molecule has 3 rings (SSSR count). The number of hydrogen-bond donors (Lipinski definition) is 1. The standard InChI is InChI=1S/C21H21N3O/c1-17-5-4-6-18(13-17)9-10-21(25)23-14-19-7-2-3-8-20(19)15-24-12-11-22-16-24/h2-13,16H,14-15H2,1H3,(H,23,25). The smallest absolute Gasteiger partial charge is 0.244 e. The molecule has 1 N–H and O–H groups in total. The van der Waals surface area contributed by atoms with Gasteiger partial charge < -0.3 is 9.88 Å². The normalized spacial score (nSPS) is 10.9. The van der Waals surface area contributed by atoms with E-state index in [2.05, 4.69) is 16.4 Å². The van der Waals surface area contributed by atoms with Gasteiger partial charge in [0.15, 0.2) is 0 Å². The van der Waals surface area contributed by atoms with E-state index in [-0.39, 0.29) is 5.91 Å². The lowest BCUT2D eigenvalue weighted by atomic mass is 10.1. The molecule has 4 nitrogen and oxygen atoms in total. The lowest BCUT2D eigenvalue weighted by Gasteiger charge is -2.10. The first-order valence-corrected chi connectivity index (χ1v) is 8.26. The second kappa shape index (κ2) is 8.11. The van der Waals surface area contributed by atoms with Crippen LogP contribution in [0.15, 0.2) is 73.3 Å². The van der Waals surface area contributed by atoms with Crippen LogP contribution in [-0.4, -0.2) is 15.5 Å². The number of benzene rings is 2. The Kier molecular flexibility index (Phi) is 5.42. The maximum Gasteiger partial charge on any atom is 0.244 e. The van der Waals surface area contributed by atoms with E-state index in [1.165, 1.54) is 11.1 Å². The Morgan fingerprint density at radius 2 is 2.00 bits per heavy atom. The molecular formula is C21H21N3O.